The second kappa shape index (κ2) is 6.16. The number of aliphatic hydroxyl groups is 1. The van der Waals surface area contributed by atoms with Crippen molar-refractivity contribution < 1.29 is 14.6 Å². The lowest BCUT2D eigenvalue weighted by Gasteiger charge is -2.22. The molecular weight excluding hydrogens is 423 g/mol. The lowest BCUT2D eigenvalue weighted by atomic mass is 10.0. The first kappa shape index (κ1) is 15.2. The van der Waals surface area contributed by atoms with Gasteiger partial charge in [0, 0.05) is 25.1 Å². The van der Waals surface area contributed by atoms with Crippen LogP contribution in [0.2, 0.25) is 5.02 Å². The molecule has 0 aromatic heterocycles. The quantitative estimate of drug-likeness (QED) is 0.744. The fraction of sp³-hybridized carbons (Fsp3) is 0.200. The zero-order chi connectivity index (χ0) is 15.0. The molecule has 2 aromatic carbocycles. The molecule has 0 spiro atoms. The molecule has 0 amide bonds. The van der Waals surface area contributed by atoms with Crippen LogP contribution in [0.25, 0.3) is 0 Å². The molecule has 6 heteroatoms. The van der Waals surface area contributed by atoms with Crippen LogP contribution >= 0.6 is 43.5 Å². The minimum absolute atomic E-state index is 0.505. The van der Waals surface area contributed by atoms with E-state index in [-0.39, 0.29) is 0 Å². The molecular formula is C15H11Br2ClO3. The Morgan fingerprint density at radius 3 is 2.29 bits per heavy atom. The Balaban J connectivity index is 2.05. The smallest absolute Gasteiger partial charge is 0.162 e. The number of ether oxygens (including phenoxy) is 2. The van der Waals surface area contributed by atoms with Crippen molar-refractivity contribution in [3.05, 3.63) is 55.4 Å². The number of aliphatic hydroxyl groups excluding tert-OH is 1. The van der Waals surface area contributed by atoms with Gasteiger partial charge < -0.3 is 14.6 Å². The van der Waals surface area contributed by atoms with Crippen LogP contribution in [0.15, 0.2) is 39.3 Å². The van der Waals surface area contributed by atoms with Gasteiger partial charge in [0.1, 0.15) is 19.3 Å². The summed E-state index contributed by atoms with van der Waals surface area (Å²) in [6.45, 7) is 1.03. The highest BCUT2D eigenvalue weighted by atomic mass is 79.9. The van der Waals surface area contributed by atoms with Gasteiger partial charge in [-0.1, -0.05) is 43.5 Å². The Labute approximate surface area is 144 Å². The fourth-order valence-corrected chi connectivity index (χ4v) is 3.36. The highest BCUT2D eigenvalue weighted by Gasteiger charge is 2.21. The van der Waals surface area contributed by atoms with Gasteiger partial charge >= 0.3 is 0 Å². The molecule has 1 unspecified atom stereocenters. The van der Waals surface area contributed by atoms with Crippen molar-refractivity contribution in [2.24, 2.45) is 0 Å². The summed E-state index contributed by atoms with van der Waals surface area (Å²) in [7, 11) is 0. The van der Waals surface area contributed by atoms with E-state index in [2.05, 4.69) is 31.9 Å². The molecule has 2 aromatic rings. The molecule has 1 aliphatic heterocycles. The van der Waals surface area contributed by atoms with E-state index in [9.17, 15) is 5.11 Å². The van der Waals surface area contributed by atoms with Gasteiger partial charge in [-0.3, -0.25) is 0 Å². The standard InChI is InChI=1S/C15H11Br2ClO3/c16-11-2-1-8(18)5-9(11)15(19)10-6-13-14(7-12(10)17)21-4-3-20-13/h1-2,5-7,15,19H,3-4H2. The topological polar surface area (TPSA) is 38.7 Å². The van der Waals surface area contributed by atoms with E-state index in [4.69, 9.17) is 21.1 Å². The van der Waals surface area contributed by atoms with Crippen molar-refractivity contribution in [1.29, 1.82) is 0 Å². The maximum absolute atomic E-state index is 10.7. The van der Waals surface area contributed by atoms with Crippen molar-refractivity contribution in [1.82, 2.24) is 0 Å². The molecule has 3 rings (SSSR count). The first-order chi connectivity index (χ1) is 10.1. The van der Waals surface area contributed by atoms with E-state index in [1.54, 1.807) is 18.2 Å². The van der Waals surface area contributed by atoms with Crippen molar-refractivity contribution in [2.75, 3.05) is 13.2 Å². The highest BCUT2D eigenvalue weighted by molar-refractivity contribution is 9.10. The summed E-state index contributed by atoms with van der Waals surface area (Å²) in [5.74, 6) is 1.31. The molecule has 21 heavy (non-hydrogen) atoms. The number of hydrogen-bond donors (Lipinski definition) is 1. The summed E-state index contributed by atoms with van der Waals surface area (Å²) in [5, 5.41) is 11.2. The van der Waals surface area contributed by atoms with E-state index in [0.717, 1.165) is 8.95 Å². The van der Waals surface area contributed by atoms with E-state index in [1.165, 1.54) is 0 Å². The Bertz CT molecular complexity index is 691. The molecule has 0 bridgehead atoms. The second-order valence-electron chi connectivity index (χ2n) is 4.59. The van der Waals surface area contributed by atoms with Crippen LogP contribution in [0, 0.1) is 0 Å². The first-order valence-electron chi connectivity index (χ1n) is 6.28. The van der Waals surface area contributed by atoms with Gasteiger partial charge in [0.25, 0.3) is 0 Å². The SMILES string of the molecule is OC(c1cc(Cl)ccc1Br)c1cc2c(cc1Br)OCCO2. The Morgan fingerprint density at radius 2 is 1.57 bits per heavy atom. The van der Waals surface area contributed by atoms with Crippen LogP contribution in [0.1, 0.15) is 17.2 Å². The zero-order valence-corrected chi connectivity index (χ0v) is 14.7. The summed E-state index contributed by atoms with van der Waals surface area (Å²) < 4.78 is 12.6. The van der Waals surface area contributed by atoms with Gasteiger partial charge in [0.05, 0.1) is 0 Å². The van der Waals surface area contributed by atoms with Crippen LogP contribution in [0.4, 0.5) is 0 Å². The summed E-state index contributed by atoms with van der Waals surface area (Å²) in [6.07, 6.45) is -0.830. The van der Waals surface area contributed by atoms with E-state index < -0.39 is 6.10 Å². The number of halogens is 3. The largest absolute Gasteiger partial charge is 0.486 e. The third kappa shape index (κ3) is 3.06. The van der Waals surface area contributed by atoms with E-state index in [0.29, 0.717) is 40.9 Å². The van der Waals surface area contributed by atoms with Crippen molar-refractivity contribution >= 4 is 43.5 Å². The van der Waals surface area contributed by atoms with Crippen LogP contribution < -0.4 is 9.47 Å². The van der Waals surface area contributed by atoms with Crippen molar-refractivity contribution in [3.63, 3.8) is 0 Å². The normalized spacial score (nSPS) is 14.9. The van der Waals surface area contributed by atoms with Crippen molar-refractivity contribution in [2.45, 2.75) is 6.10 Å². The molecule has 0 saturated carbocycles. The van der Waals surface area contributed by atoms with Crippen molar-refractivity contribution in [3.8, 4) is 11.5 Å². The molecule has 1 N–H and O–H groups in total. The molecule has 1 atom stereocenters. The van der Waals surface area contributed by atoms with Crippen LogP contribution in [-0.2, 0) is 0 Å². The average Bonchev–Trinajstić information content (AvgIpc) is 2.48. The molecule has 0 saturated heterocycles. The molecule has 0 aliphatic carbocycles. The number of benzene rings is 2. The van der Waals surface area contributed by atoms with Crippen LogP contribution in [0.3, 0.4) is 0 Å². The second-order valence-corrected chi connectivity index (χ2v) is 6.73. The zero-order valence-electron chi connectivity index (χ0n) is 10.8. The minimum atomic E-state index is -0.830. The molecule has 0 radical (unpaired) electrons. The lowest BCUT2D eigenvalue weighted by Crippen LogP contribution is -2.16. The summed E-state index contributed by atoms with van der Waals surface area (Å²) in [6, 6.07) is 8.91. The maximum Gasteiger partial charge on any atom is 0.162 e. The van der Waals surface area contributed by atoms with Gasteiger partial charge in [-0.15, -0.1) is 0 Å². The molecule has 1 aliphatic rings. The van der Waals surface area contributed by atoms with E-state index in [1.807, 2.05) is 12.1 Å². The summed E-state index contributed by atoms with van der Waals surface area (Å²) in [5.41, 5.74) is 1.39. The summed E-state index contributed by atoms with van der Waals surface area (Å²) >= 11 is 12.9. The number of rotatable bonds is 2. The number of fused-ring (bicyclic) bond motifs is 1. The minimum Gasteiger partial charge on any atom is -0.486 e. The summed E-state index contributed by atoms with van der Waals surface area (Å²) in [4.78, 5) is 0. The molecule has 1 heterocycles. The first-order valence-corrected chi connectivity index (χ1v) is 8.24. The monoisotopic (exact) mass is 432 g/mol. The highest BCUT2D eigenvalue weighted by Crippen LogP contribution is 2.41. The van der Waals surface area contributed by atoms with Crippen LogP contribution in [0.5, 0.6) is 11.5 Å². The lowest BCUT2D eigenvalue weighted by molar-refractivity contribution is 0.169. The van der Waals surface area contributed by atoms with Gasteiger partial charge in [-0.2, -0.15) is 0 Å². The van der Waals surface area contributed by atoms with Gasteiger partial charge in [0.15, 0.2) is 11.5 Å². The Kier molecular flexibility index (Phi) is 4.45. The maximum atomic E-state index is 10.7. The average molecular weight is 435 g/mol. The molecule has 3 nitrogen and oxygen atoms in total. The molecule has 0 fully saturated rings. The number of hydrogen-bond acceptors (Lipinski definition) is 3. The molecule has 110 valence electrons. The predicted molar refractivity (Wildman–Crippen MR) is 88.3 cm³/mol. The fourth-order valence-electron chi connectivity index (χ4n) is 2.18. The van der Waals surface area contributed by atoms with Gasteiger partial charge in [-0.05, 0) is 30.3 Å². The Morgan fingerprint density at radius 1 is 0.952 bits per heavy atom. The third-order valence-corrected chi connectivity index (χ3v) is 4.85. The van der Waals surface area contributed by atoms with Gasteiger partial charge in [0.2, 0.25) is 0 Å². The van der Waals surface area contributed by atoms with E-state index >= 15 is 0 Å². The third-order valence-electron chi connectivity index (χ3n) is 3.21. The predicted octanol–water partition coefficient (Wildman–Crippen LogP) is 4.72. The van der Waals surface area contributed by atoms with Crippen LogP contribution in [-0.4, -0.2) is 18.3 Å². The van der Waals surface area contributed by atoms with Gasteiger partial charge in [-0.25, -0.2) is 0 Å². The Hall–Kier alpha value is -0.750.